The van der Waals surface area contributed by atoms with E-state index in [1.165, 1.54) is 12.8 Å². The Bertz CT molecular complexity index is 360. The number of hydrogen-bond acceptors (Lipinski definition) is 3. The van der Waals surface area contributed by atoms with Crippen LogP contribution in [0.5, 0.6) is 11.5 Å². The lowest BCUT2D eigenvalue weighted by atomic mass is 10.0. The predicted octanol–water partition coefficient (Wildman–Crippen LogP) is 1.83. The van der Waals surface area contributed by atoms with E-state index in [-0.39, 0.29) is 6.04 Å². The number of hydrogen-bond donors (Lipinski definition) is 1. The van der Waals surface area contributed by atoms with Gasteiger partial charge in [-0.1, -0.05) is 6.07 Å². The normalized spacial score (nSPS) is 20.9. The van der Waals surface area contributed by atoms with Crippen molar-refractivity contribution in [1.29, 1.82) is 0 Å². The Morgan fingerprint density at radius 1 is 1.21 bits per heavy atom. The quantitative estimate of drug-likeness (QED) is 0.775. The molecule has 1 aromatic rings. The Hall–Kier alpha value is -1.22. The molecular weight excluding hydrogens is 178 g/mol. The third kappa shape index (κ3) is 1.24. The van der Waals surface area contributed by atoms with Crippen LogP contribution >= 0.6 is 0 Å². The SMILES string of the molecule is N[C@@H](c1ccc2c(c1)OCO2)C1CC1. The molecule has 2 N–H and O–H groups in total. The van der Waals surface area contributed by atoms with Gasteiger partial charge in [0.25, 0.3) is 0 Å². The average molecular weight is 191 g/mol. The Morgan fingerprint density at radius 3 is 2.79 bits per heavy atom. The molecule has 1 heterocycles. The van der Waals surface area contributed by atoms with Gasteiger partial charge in [-0.05, 0) is 36.5 Å². The van der Waals surface area contributed by atoms with Crippen molar-refractivity contribution in [2.75, 3.05) is 6.79 Å². The van der Waals surface area contributed by atoms with Gasteiger partial charge in [0.15, 0.2) is 11.5 Å². The van der Waals surface area contributed by atoms with E-state index in [1.54, 1.807) is 0 Å². The summed E-state index contributed by atoms with van der Waals surface area (Å²) in [7, 11) is 0. The van der Waals surface area contributed by atoms with Crippen LogP contribution in [-0.2, 0) is 0 Å². The van der Waals surface area contributed by atoms with Gasteiger partial charge in [0.05, 0.1) is 0 Å². The highest BCUT2D eigenvalue weighted by atomic mass is 16.7. The second kappa shape index (κ2) is 2.89. The van der Waals surface area contributed by atoms with Gasteiger partial charge in [0, 0.05) is 6.04 Å². The van der Waals surface area contributed by atoms with Gasteiger partial charge >= 0.3 is 0 Å². The average Bonchev–Trinajstić information content (AvgIpc) is 2.95. The summed E-state index contributed by atoms with van der Waals surface area (Å²) < 4.78 is 10.6. The third-order valence-electron chi connectivity index (χ3n) is 2.91. The smallest absolute Gasteiger partial charge is 0.231 e. The fraction of sp³-hybridized carbons (Fsp3) is 0.455. The van der Waals surface area contributed by atoms with Crippen LogP contribution in [0.25, 0.3) is 0 Å². The van der Waals surface area contributed by atoms with Crippen molar-refractivity contribution in [2.45, 2.75) is 18.9 Å². The summed E-state index contributed by atoms with van der Waals surface area (Å²) in [5.74, 6) is 2.34. The minimum Gasteiger partial charge on any atom is -0.454 e. The van der Waals surface area contributed by atoms with Crippen LogP contribution in [0.2, 0.25) is 0 Å². The molecule has 1 aliphatic heterocycles. The van der Waals surface area contributed by atoms with Gasteiger partial charge in [-0.25, -0.2) is 0 Å². The lowest BCUT2D eigenvalue weighted by Crippen LogP contribution is -2.11. The molecule has 0 aromatic heterocycles. The number of ether oxygens (including phenoxy) is 2. The number of fused-ring (bicyclic) bond motifs is 1. The molecule has 1 atom stereocenters. The Kier molecular flexibility index (Phi) is 1.67. The Balaban J connectivity index is 1.91. The van der Waals surface area contributed by atoms with Crippen molar-refractivity contribution >= 4 is 0 Å². The first-order chi connectivity index (χ1) is 6.84. The van der Waals surface area contributed by atoms with Gasteiger partial charge in [0.2, 0.25) is 6.79 Å². The second-order valence-electron chi connectivity index (χ2n) is 3.98. The maximum atomic E-state index is 6.10. The van der Waals surface area contributed by atoms with Gasteiger partial charge in [-0.3, -0.25) is 0 Å². The highest BCUT2D eigenvalue weighted by Gasteiger charge is 2.30. The first-order valence-corrected chi connectivity index (χ1v) is 5.00. The Labute approximate surface area is 82.8 Å². The van der Waals surface area contributed by atoms with E-state index in [9.17, 15) is 0 Å². The summed E-state index contributed by atoms with van der Waals surface area (Å²) >= 11 is 0. The summed E-state index contributed by atoms with van der Waals surface area (Å²) in [6, 6.07) is 6.16. The molecule has 3 heteroatoms. The zero-order chi connectivity index (χ0) is 9.54. The lowest BCUT2D eigenvalue weighted by Gasteiger charge is -2.10. The lowest BCUT2D eigenvalue weighted by molar-refractivity contribution is 0.174. The summed E-state index contributed by atoms with van der Waals surface area (Å²) in [4.78, 5) is 0. The molecule has 3 rings (SSSR count). The summed E-state index contributed by atoms with van der Waals surface area (Å²) in [5.41, 5.74) is 7.26. The van der Waals surface area contributed by atoms with Gasteiger partial charge in [-0.2, -0.15) is 0 Å². The van der Waals surface area contributed by atoms with Crippen LogP contribution in [-0.4, -0.2) is 6.79 Å². The zero-order valence-electron chi connectivity index (χ0n) is 7.90. The largest absolute Gasteiger partial charge is 0.454 e. The van der Waals surface area contributed by atoms with E-state index in [2.05, 4.69) is 0 Å². The van der Waals surface area contributed by atoms with Gasteiger partial charge < -0.3 is 15.2 Å². The minimum atomic E-state index is 0.171. The first kappa shape index (κ1) is 8.12. The van der Waals surface area contributed by atoms with Crippen LogP contribution in [0.4, 0.5) is 0 Å². The molecule has 0 saturated heterocycles. The van der Waals surface area contributed by atoms with E-state index in [4.69, 9.17) is 15.2 Å². The van der Waals surface area contributed by atoms with E-state index in [0.717, 1.165) is 17.1 Å². The number of nitrogens with two attached hydrogens (primary N) is 1. The van der Waals surface area contributed by atoms with E-state index in [0.29, 0.717) is 12.7 Å². The van der Waals surface area contributed by atoms with E-state index in [1.807, 2.05) is 18.2 Å². The molecule has 0 bridgehead atoms. The topological polar surface area (TPSA) is 44.5 Å². The van der Waals surface area contributed by atoms with Crippen LogP contribution in [0.15, 0.2) is 18.2 Å². The van der Waals surface area contributed by atoms with Crippen molar-refractivity contribution in [3.8, 4) is 11.5 Å². The second-order valence-corrected chi connectivity index (χ2v) is 3.98. The fourth-order valence-corrected chi connectivity index (χ4v) is 1.85. The first-order valence-electron chi connectivity index (χ1n) is 5.00. The van der Waals surface area contributed by atoms with Crippen LogP contribution < -0.4 is 15.2 Å². The maximum absolute atomic E-state index is 6.10. The number of rotatable bonds is 2. The van der Waals surface area contributed by atoms with Gasteiger partial charge in [-0.15, -0.1) is 0 Å². The highest BCUT2D eigenvalue weighted by Crippen LogP contribution is 2.42. The molecule has 1 fully saturated rings. The molecule has 14 heavy (non-hydrogen) atoms. The highest BCUT2D eigenvalue weighted by molar-refractivity contribution is 5.45. The fourth-order valence-electron chi connectivity index (χ4n) is 1.85. The van der Waals surface area contributed by atoms with Crippen LogP contribution in [0.3, 0.4) is 0 Å². The maximum Gasteiger partial charge on any atom is 0.231 e. The Morgan fingerprint density at radius 2 is 2.00 bits per heavy atom. The molecule has 0 unspecified atom stereocenters. The summed E-state index contributed by atoms with van der Waals surface area (Å²) in [5, 5.41) is 0. The summed E-state index contributed by atoms with van der Waals surface area (Å²) in [6.45, 7) is 0.331. The molecule has 1 saturated carbocycles. The third-order valence-corrected chi connectivity index (χ3v) is 2.91. The molecule has 1 aromatic carbocycles. The van der Waals surface area contributed by atoms with E-state index < -0.39 is 0 Å². The predicted molar refractivity (Wildman–Crippen MR) is 52.2 cm³/mol. The van der Waals surface area contributed by atoms with Crippen molar-refractivity contribution in [3.05, 3.63) is 23.8 Å². The van der Waals surface area contributed by atoms with Crippen LogP contribution in [0, 0.1) is 5.92 Å². The molecule has 0 radical (unpaired) electrons. The van der Waals surface area contributed by atoms with Crippen LogP contribution in [0.1, 0.15) is 24.4 Å². The van der Waals surface area contributed by atoms with Crippen molar-refractivity contribution in [2.24, 2.45) is 11.7 Å². The molecule has 0 amide bonds. The van der Waals surface area contributed by atoms with Crippen molar-refractivity contribution < 1.29 is 9.47 Å². The molecule has 74 valence electrons. The molecule has 3 nitrogen and oxygen atoms in total. The van der Waals surface area contributed by atoms with E-state index >= 15 is 0 Å². The monoisotopic (exact) mass is 191 g/mol. The molecule has 1 aliphatic carbocycles. The molecule has 2 aliphatic rings. The number of benzene rings is 1. The molecular formula is C11H13NO2. The van der Waals surface area contributed by atoms with Gasteiger partial charge in [0.1, 0.15) is 0 Å². The summed E-state index contributed by atoms with van der Waals surface area (Å²) in [6.07, 6.45) is 2.52. The van der Waals surface area contributed by atoms with Crippen molar-refractivity contribution in [1.82, 2.24) is 0 Å². The zero-order valence-corrected chi connectivity index (χ0v) is 7.90. The van der Waals surface area contributed by atoms with Crippen molar-refractivity contribution in [3.63, 3.8) is 0 Å². The molecule has 0 spiro atoms. The minimum absolute atomic E-state index is 0.171. The standard InChI is InChI=1S/C11H13NO2/c12-11(7-1-2-7)8-3-4-9-10(5-8)14-6-13-9/h3-5,7,11H,1-2,6,12H2/t11-/m1/s1.